The highest BCUT2D eigenvalue weighted by atomic mass is 32.2. The van der Waals surface area contributed by atoms with Crippen molar-refractivity contribution in [3.05, 3.63) is 59.9 Å². The highest BCUT2D eigenvalue weighted by Crippen LogP contribution is 2.47. The predicted molar refractivity (Wildman–Crippen MR) is 111 cm³/mol. The van der Waals surface area contributed by atoms with Crippen LogP contribution in [0.25, 0.3) is 0 Å². The van der Waals surface area contributed by atoms with Crippen LogP contribution in [0.3, 0.4) is 0 Å². The van der Waals surface area contributed by atoms with Gasteiger partial charge >= 0.3 is 0 Å². The van der Waals surface area contributed by atoms with Crippen LogP contribution >= 0.6 is 11.8 Å². The standard InChI is InChI=1S/C21H26N4S/c1-4-24(5-2)17-11-9-16(10-12-17)20-19(18-8-6-7-13-22-18)23-21-25(20)14-15(3)26-21/h6-13,15,19-20H,4-5,14H2,1-3H3. The molecule has 2 aliphatic rings. The van der Waals surface area contributed by atoms with Gasteiger partial charge in [0.05, 0.1) is 11.7 Å². The summed E-state index contributed by atoms with van der Waals surface area (Å²) in [6.45, 7) is 9.80. The first-order valence-electron chi connectivity index (χ1n) is 9.48. The van der Waals surface area contributed by atoms with Crippen molar-refractivity contribution in [3.8, 4) is 0 Å². The fraction of sp³-hybridized carbons (Fsp3) is 0.429. The zero-order chi connectivity index (χ0) is 18.1. The van der Waals surface area contributed by atoms with E-state index in [9.17, 15) is 0 Å². The van der Waals surface area contributed by atoms with E-state index in [1.54, 1.807) is 0 Å². The number of nitrogens with zero attached hydrogens (tertiary/aromatic N) is 4. The Morgan fingerprint density at radius 3 is 2.54 bits per heavy atom. The number of benzene rings is 1. The molecule has 0 saturated carbocycles. The number of thioether (sulfide) groups is 1. The predicted octanol–water partition coefficient (Wildman–Crippen LogP) is 4.52. The Hall–Kier alpha value is -2.01. The summed E-state index contributed by atoms with van der Waals surface area (Å²) in [5.41, 5.74) is 3.67. The van der Waals surface area contributed by atoms with Gasteiger partial charge in [0.15, 0.2) is 5.17 Å². The highest BCUT2D eigenvalue weighted by molar-refractivity contribution is 8.14. The van der Waals surface area contributed by atoms with Crippen LogP contribution in [0.5, 0.6) is 0 Å². The Labute approximate surface area is 160 Å². The Bertz CT molecular complexity index is 770. The van der Waals surface area contributed by atoms with E-state index in [0.29, 0.717) is 5.25 Å². The van der Waals surface area contributed by atoms with Gasteiger partial charge in [-0.2, -0.15) is 0 Å². The first-order valence-corrected chi connectivity index (χ1v) is 10.4. The quantitative estimate of drug-likeness (QED) is 0.779. The van der Waals surface area contributed by atoms with E-state index in [0.717, 1.165) is 25.3 Å². The van der Waals surface area contributed by atoms with Gasteiger partial charge in [-0.3, -0.25) is 9.98 Å². The number of hydrogen-bond acceptors (Lipinski definition) is 5. The molecule has 2 aliphatic heterocycles. The normalized spacial score (nSPS) is 24.5. The van der Waals surface area contributed by atoms with Crippen LogP contribution in [0.1, 0.15) is 44.1 Å². The van der Waals surface area contributed by atoms with Gasteiger partial charge in [0.2, 0.25) is 0 Å². The van der Waals surface area contributed by atoms with Gasteiger partial charge in [0, 0.05) is 36.8 Å². The maximum Gasteiger partial charge on any atom is 0.160 e. The summed E-state index contributed by atoms with van der Waals surface area (Å²) < 4.78 is 0. The number of aliphatic imine (C=N–C) groups is 1. The molecule has 1 aromatic heterocycles. The summed E-state index contributed by atoms with van der Waals surface area (Å²) in [6, 6.07) is 15.5. The van der Waals surface area contributed by atoms with Gasteiger partial charge in [0.25, 0.3) is 0 Å². The minimum atomic E-state index is 0.0745. The molecule has 3 heterocycles. The molecule has 26 heavy (non-hydrogen) atoms. The third-order valence-electron chi connectivity index (χ3n) is 5.24. The molecule has 0 radical (unpaired) electrons. The molecule has 4 rings (SSSR count). The van der Waals surface area contributed by atoms with Crippen molar-refractivity contribution in [2.24, 2.45) is 4.99 Å². The largest absolute Gasteiger partial charge is 0.372 e. The number of fused-ring (bicyclic) bond motifs is 1. The minimum Gasteiger partial charge on any atom is -0.372 e. The molecule has 0 aliphatic carbocycles. The molecular weight excluding hydrogens is 340 g/mol. The molecule has 3 atom stereocenters. The molecule has 0 N–H and O–H groups in total. The van der Waals surface area contributed by atoms with Crippen LogP contribution in [0, 0.1) is 0 Å². The number of pyridine rings is 1. The van der Waals surface area contributed by atoms with Gasteiger partial charge in [0.1, 0.15) is 6.04 Å². The highest BCUT2D eigenvalue weighted by Gasteiger charge is 2.43. The van der Waals surface area contributed by atoms with Gasteiger partial charge in [-0.1, -0.05) is 36.9 Å². The topological polar surface area (TPSA) is 31.7 Å². The summed E-state index contributed by atoms with van der Waals surface area (Å²) >= 11 is 1.89. The maximum absolute atomic E-state index is 5.05. The molecule has 0 bridgehead atoms. The molecule has 4 nitrogen and oxygen atoms in total. The zero-order valence-corrected chi connectivity index (χ0v) is 16.5. The lowest BCUT2D eigenvalue weighted by molar-refractivity contribution is 0.321. The maximum atomic E-state index is 5.05. The fourth-order valence-electron chi connectivity index (χ4n) is 3.95. The number of anilines is 1. The Morgan fingerprint density at radius 1 is 1.12 bits per heavy atom. The third kappa shape index (κ3) is 3.09. The van der Waals surface area contributed by atoms with Crippen molar-refractivity contribution >= 4 is 22.6 Å². The second-order valence-corrected chi connectivity index (χ2v) is 8.31. The second kappa shape index (κ2) is 7.31. The monoisotopic (exact) mass is 366 g/mol. The second-order valence-electron chi connectivity index (χ2n) is 6.90. The first-order chi connectivity index (χ1) is 12.7. The number of aromatic nitrogens is 1. The lowest BCUT2D eigenvalue weighted by Crippen LogP contribution is -2.28. The van der Waals surface area contributed by atoms with Gasteiger partial charge in [-0.15, -0.1) is 0 Å². The van der Waals surface area contributed by atoms with Crippen LogP contribution in [-0.4, -0.2) is 39.9 Å². The molecule has 1 fully saturated rings. The van der Waals surface area contributed by atoms with Crippen molar-refractivity contribution in [1.82, 2.24) is 9.88 Å². The minimum absolute atomic E-state index is 0.0745. The molecule has 136 valence electrons. The van der Waals surface area contributed by atoms with Crippen molar-refractivity contribution in [3.63, 3.8) is 0 Å². The molecule has 1 aromatic carbocycles. The van der Waals surface area contributed by atoms with E-state index in [2.05, 4.69) is 72.0 Å². The molecule has 0 amide bonds. The van der Waals surface area contributed by atoms with Gasteiger partial charge in [-0.05, 0) is 43.7 Å². The average Bonchev–Trinajstić information content (AvgIpc) is 3.20. The van der Waals surface area contributed by atoms with Crippen LogP contribution in [0.4, 0.5) is 5.69 Å². The summed E-state index contributed by atoms with van der Waals surface area (Å²) in [5, 5.41) is 1.77. The summed E-state index contributed by atoms with van der Waals surface area (Å²) in [4.78, 5) is 14.5. The molecule has 3 unspecified atom stereocenters. The molecule has 5 heteroatoms. The number of amidine groups is 1. The van der Waals surface area contributed by atoms with E-state index >= 15 is 0 Å². The van der Waals surface area contributed by atoms with E-state index in [-0.39, 0.29) is 12.1 Å². The summed E-state index contributed by atoms with van der Waals surface area (Å²) in [5.74, 6) is 0. The van der Waals surface area contributed by atoms with Gasteiger partial charge in [-0.25, -0.2) is 0 Å². The lowest BCUT2D eigenvalue weighted by Gasteiger charge is -2.28. The van der Waals surface area contributed by atoms with Crippen LogP contribution in [0.15, 0.2) is 53.7 Å². The van der Waals surface area contributed by atoms with Crippen molar-refractivity contribution < 1.29 is 0 Å². The van der Waals surface area contributed by atoms with E-state index in [1.165, 1.54) is 16.4 Å². The Balaban J connectivity index is 1.68. The van der Waals surface area contributed by atoms with Gasteiger partial charge < -0.3 is 9.80 Å². The van der Waals surface area contributed by atoms with Crippen molar-refractivity contribution in [1.29, 1.82) is 0 Å². The smallest absolute Gasteiger partial charge is 0.160 e. The Morgan fingerprint density at radius 2 is 1.88 bits per heavy atom. The fourth-order valence-corrected chi connectivity index (χ4v) is 5.04. The number of rotatable bonds is 5. The van der Waals surface area contributed by atoms with Crippen LogP contribution < -0.4 is 4.90 Å². The van der Waals surface area contributed by atoms with E-state index < -0.39 is 0 Å². The molecule has 0 spiro atoms. The van der Waals surface area contributed by atoms with Crippen LogP contribution in [-0.2, 0) is 0 Å². The summed E-state index contributed by atoms with van der Waals surface area (Å²) in [6.07, 6.45) is 1.87. The first kappa shape index (κ1) is 17.4. The van der Waals surface area contributed by atoms with Crippen LogP contribution in [0.2, 0.25) is 0 Å². The van der Waals surface area contributed by atoms with Crippen molar-refractivity contribution in [2.75, 3.05) is 24.5 Å². The average molecular weight is 367 g/mol. The van der Waals surface area contributed by atoms with E-state index in [4.69, 9.17) is 4.99 Å². The van der Waals surface area contributed by atoms with E-state index in [1.807, 2.05) is 24.0 Å². The van der Waals surface area contributed by atoms with Crippen molar-refractivity contribution in [2.45, 2.75) is 38.1 Å². The number of hydrogen-bond donors (Lipinski definition) is 0. The summed E-state index contributed by atoms with van der Waals surface area (Å²) in [7, 11) is 0. The zero-order valence-electron chi connectivity index (χ0n) is 15.7. The molecule has 1 saturated heterocycles. The lowest BCUT2D eigenvalue weighted by atomic mass is 9.96. The third-order valence-corrected chi connectivity index (χ3v) is 6.35. The SMILES string of the molecule is CCN(CC)c1ccc(C2C(c3ccccn3)N=C3SC(C)CN32)cc1. The molecule has 2 aromatic rings. The Kier molecular flexibility index (Phi) is 4.90. The molecular formula is C21H26N4S.